The lowest BCUT2D eigenvalue weighted by molar-refractivity contribution is -0.114. The van der Waals surface area contributed by atoms with E-state index < -0.39 is 15.7 Å². The van der Waals surface area contributed by atoms with E-state index in [0.29, 0.717) is 13.2 Å². The van der Waals surface area contributed by atoms with Crippen LogP contribution in [0.1, 0.15) is 12.5 Å². The van der Waals surface area contributed by atoms with Gasteiger partial charge in [0.05, 0.1) is 17.9 Å². The molecule has 2 aliphatic heterocycles. The van der Waals surface area contributed by atoms with Crippen LogP contribution in [0.2, 0.25) is 0 Å². The fourth-order valence-electron chi connectivity index (χ4n) is 3.73. The van der Waals surface area contributed by atoms with Crippen LogP contribution in [0.3, 0.4) is 0 Å². The number of rotatable bonds is 6. The molecule has 178 valence electrons. The van der Waals surface area contributed by atoms with Gasteiger partial charge in [-0.2, -0.15) is 10.0 Å². The first-order valence-corrected chi connectivity index (χ1v) is 13.3. The number of nitrogens with zero attached hydrogens (tertiary/aromatic N) is 4. The molecule has 1 amide bonds. The SMILES string of the molecule is CCS(=O)(=O)C1=NN2C(=N)/C(=C/c3cn(CCOc4ccccc4)c4ccccc34)C(=O)N=C2S1. The molecule has 0 saturated carbocycles. The van der Waals surface area contributed by atoms with Gasteiger partial charge in [0.1, 0.15) is 12.4 Å². The van der Waals surface area contributed by atoms with Gasteiger partial charge in [0.15, 0.2) is 5.84 Å². The first-order valence-electron chi connectivity index (χ1n) is 10.9. The Balaban J connectivity index is 1.45. The van der Waals surface area contributed by atoms with Gasteiger partial charge >= 0.3 is 0 Å². The van der Waals surface area contributed by atoms with Crippen molar-refractivity contribution in [1.82, 2.24) is 9.58 Å². The number of benzene rings is 2. The lowest BCUT2D eigenvalue weighted by Gasteiger charge is -2.19. The quantitative estimate of drug-likeness (QED) is 0.508. The minimum Gasteiger partial charge on any atom is -0.492 e. The van der Waals surface area contributed by atoms with Gasteiger partial charge in [0, 0.05) is 22.7 Å². The summed E-state index contributed by atoms with van der Waals surface area (Å²) in [6.07, 6.45) is 3.51. The van der Waals surface area contributed by atoms with Crippen molar-refractivity contribution in [2.45, 2.75) is 13.5 Å². The molecular formula is C24H21N5O4S2. The summed E-state index contributed by atoms with van der Waals surface area (Å²) in [6, 6.07) is 17.3. The van der Waals surface area contributed by atoms with E-state index in [1.165, 1.54) is 6.92 Å². The maximum atomic E-state index is 12.8. The summed E-state index contributed by atoms with van der Waals surface area (Å²) in [6.45, 7) is 2.55. The molecule has 0 fully saturated rings. The van der Waals surface area contributed by atoms with Crippen LogP contribution in [-0.2, 0) is 21.2 Å². The molecule has 9 nitrogen and oxygen atoms in total. The van der Waals surface area contributed by atoms with E-state index in [4.69, 9.17) is 10.1 Å². The highest BCUT2D eigenvalue weighted by molar-refractivity contribution is 8.42. The third kappa shape index (κ3) is 4.40. The molecule has 3 heterocycles. The van der Waals surface area contributed by atoms with Crippen molar-refractivity contribution in [2.75, 3.05) is 12.4 Å². The molecule has 0 aliphatic carbocycles. The second-order valence-corrected chi connectivity index (χ2v) is 11.2. The molecule has 1 N–H and O–H groups in total. The van der Waals surface area contributed by atoms with Crippen molar-refractivity contribution in [2.24, 2.45) is 10.1 Å². The standard InChI is InChI=1S/C24H21N5O4S2/c1-2-35(31,32)24-27-29-21(25)19(22(30)26-23(29)34-24)14-16-15-28(20-11-7-6-10-18(16)20)12-13-33-17-8-4-3-5-9-17/h3-11,14-15,25H,2,12-13H2,1H3/b19-14-,25-21?. The first-order chi connectivity index (χ1) is 16.9. The summed E-state index contributed by atoms with van der Waals surface area (Å²) in [5.41, 5.74) is 1.74. The molecule has 2 aliphatic rings. The summed E-state index contributed by atoms with van der Waals surface area (Å²) in [5.74, 6) is -0.159. The normalized spacial score (nSPS) is 17.1. The number of amidine groups is 2. The number of nitrogens with one attached hydrogen (secondary N) is 1. The van der Waals surface area contributed by atoms with E-state index >= 15 is 0 Å². The van der Waals surface area contributed by atoms with Gasteiger partial charge in [-0.15, -0.1) is 5.10 Å². The van der Waals surface area contributed by atoms with Crippen LogP contribution >= 0.6 is 11.8 Å². The van der Waals surface area contributed by atoms with Crippen LogP contribution < -0.4 is 4.74 Å². The predicted octanol–water partition coefficient (Wildman–Crippen LogP) is 3.73. The van der Waals surface area contributed by atoms with Crippen LogP contribution in [0.15, 0.2) is 76.5 Å². The number of hydrogen-bond donors (Lipinski definition) is 1. The topological polar surface area (TPSA) is 117 Å². The smallest absolute Gasteiger partial charge is 0.283 e. The van der Waals surface area contributed by atoms with Gasteiger partial charge in [-0.05, 0) is 36.0 Å². The molecule has 11 heteroatoms. The van der Waals surface area contributed by atoms with E-state index in [1.54, 1.807) is 6.08 Å². The Morgan fingerprint density at radius 2 is 1.86 bits per heavy atom. The summed E-state index contributed by atoms with van der Waals surface area (Å²) >= 11 is 0.787. The Labute approximate surface area is 206 Å². The zero-order chi connectivity index (χ0) is 24.6. The van der Waals surface area contributed by atoms with Crippen LogP contribution in [0, 0.1) is 5.41 Å². The fourth-order valence-corrected chi connectivity index (χ4v) is 5.90. The molecule has 3 aromatic rings. The number of sulfone groups is 1. The van der Waals surface area contributed by atoms with Gasteiger partial charge in [-0.3, -0.25) is 10.2 Å². The molecule has 0 bridgehead atoms. The highest BCUT2D eigenvalue weighted by Gasteiger charge is 2.39. The highest BCUT2D eigenvalue weighted by Crippen LogP contribution is 2.31. The second kappa shape index (κ2) is 9.16. The van der Waals surface area contributed by atoms with Gasteiger partial charge in [-0.25, -0.2) is 8.42 Å². The zero-order valence-corrected chi connectivity index (χ0v) is 20.3. The number of aromatic nitrogens is 1. The Morgan fingerprint density at radius 3 is 2.63 bits per heavy atom. The molecule has 0 atom stereocenters. The van der Waals surface area contributed by atoms with Gasteiger partial charge in [0.2, 0.25) is 19.4 Å². The van der Waals surface area contributed by atoms with E-state index in [1.807, 2.05) is 65.4 Å². The number of carbonyl (C=O) groups is 1. The summed E-state index contributed by atoms with van der Waals surface area (Å²) < 4.78 is 32.1. The number of hydrazone groups is 1. The van der Waals surface area contributed by atoms with Crippen molar-refractivity contribution >= 4 is 59.9 Å². The Bertz CT molecular complexity index is 1540. The predicted molar refractivity (Wildman–Crippen MR) is 138 cm³/mol. The molecule has 2 aromatic carbocycles. The first kappa shape index (κ1) is 23.1. The maximum absolute atomic E-state index is 12.8. The number of thioether (sulfide) groups is 1. The molecule has 0 radical (unpaired) electrons. The third-order valence-corrected chi connectivity index (χ3v) is 8.63. The third-order valence-electron chi connectivity index (χ3n) is 5.55. The lowest BCUT2D eigenvalue weighted by Crippen LogP contribution is -2.35. The lowest BCUT2D eigenvalue weighted by atomic mass is 10.1. The maximum Gasteiger partial charge on any atom is 0.283 e. The number of aliphatic imine (C=N–C) groups is 1. The van der Waals surface area contributed by atoms with E-state index in [0.717, 1.165) is 39.0 Å². The summed E-state index contributed by atoms with van der Waals surface area (Å²) in [5, 5.41) is 14.7. The average Bonchev–Trinajstić information content (AvgIpc) is 3.45. The number of para-hydroxylation sites is 2. The zero-order valence-electron chi connectivity index (χ0n) is 18.7. The minimum absolute atomic E-state index is 0.0386. The fraction of sp³-hybridized carbons (Fsp3) is 0.167. The van der Waals surface area contributed by atoms with E-state index in [2.05, 4.69) is 10.1 Å². The average molecular weight is 508 g/mol. The Kier molecular flexibility index (Phi) is 6.03. The van der Waals surface area contributed by atoms with Crippen molar-refractivity contribution in [1.29, 1.82) is 5.41 Å². The molecule has 0 unspecified atom stereocenters. The molecule has 5 rings (SSSR count). The van der Waals surface area contributed by atoms with Crippen molar-refractivity contribution in [3.8, 4) is 5.75 Å². The molecule has 0 spiro atoms. The van der Waals surface area contributed by atoms with E-state index in [-0.39, 0.29) is 26.7 Å². The number of carbonyl (C=O) groups excluding carboxylic acids is 1. The van der Waals surface area contributed by atoms with Crippen LogP contribution in [-0.4, -0.2) is 51.6 Å². The molecule has 1 aromatic heterocycles. The summed E-state index contributed by atoms with van der Waals surface area (Å²) in [4.78, 5) is 16.8. The van der Waals surface area contributed by atoms with Crippen LogP contribution in [0.5, 0.6) is 5.75 Å². The van der Waals surface area contributed by atoms with Crippen LogP contribution in [0.4, 0.5) is 0 Å². The minimum atomic E-state index is -3.58. The van der Waals surface area contributed by atoms with Crippen molar-refractivity contribution < 1.29 is 17.9 Å². The highest BCUT2D eigenvalue weighted by atomic mass is 32.3. The van der Waals surface area contributed by atoms with Crippen molar-refractivity contribution in [3.63, 3.8) is 0 Å². The molecule has 35 heavy (non-hydrogen) atoms. The van der Waals surface area contributed by atoms with Gasteiger partial charge in [0.25, 0.3) is 5.91 Å². The number of hydrogen-bond acceptors (Lipinski definition) is 7. The van der Waals surface area contributed by atoms with E-state index in [9.17, 15) is 13.2 Å². The monoisotopic (exact) mass is 507 g/mol. The second-order valence-electron chi connectivity index (χ2n) is 7.75. The van der Waals surface area contributed by atoms with Gasteiger partial charge < -0.3 is 9.30 Å². The van der Waals surface area contributed by atoms with Crippen molar-refractivity contribution in [3.05, 3.63) is 71.9 Å². The Hall–Kier alpha value is -3.70. The van der Waals surface area contributed by atoms with Gasteiger partial charge in [-0.1, -0.05) is 43.3 Å². The Morgan fingerprint density at radius 1 is 1.11 bits per heavy atom. The number of amides is 1. The van der Waals surface area contributed by atoms with Crippen LogP contribution in [0.25, 0.3) is 17.0 Å². The molecular weight excluding hydrogens is 486 g/mol. The largest absolute Gasteiger partial charge is 0.492 e. The molecule has 0 saturated heterocycles. The summed E-state index contributed by atoms with van der Waals surface area (Å²) in [7, 11) is -3.58. The number of fused-ring (bicyclic) bond motifs is 2. The number of ether oxygens (including phenoxy) is 1.